The van der Waals surface area contributed by atoms with Gasteiger partial charge in [0.2, 0.25) is 0 Å². The fraction of sp³-hybridized carbons (Fsp3) is 0.625. The average Bonchev–Trinajstić information content (AvgIpc) is 2.46. The van der Waals surface area contributed by atoms with Gasteiger partial charge < -0.3 is 20.9 Å². The van der Waals surface area contributed by atoms with Crippen LogP contribution in [0.2, 0.25) is 0 Å². The summed E-state index contributed by atoms with van der Waals surface area (Å²) >= 11 is 0. The summed E-state index contributed by atoms with van der Waals surface area (Å²) in [5, 5.41) is 13.3. The normalized spacial score (nSPS) is 26.2. The van der Waals surface area contributed by atoms with Crippen molar-refractivity contribution in [3.05, 3.63) is 18.2 Å². The molecule has 4 nitrogen and oxygen atoms in total. The van der Waals surface area contributed by atoms with E-state index in [-0.39, 0.29) is 12.1 Å². The maximum atomic E-state index is 9.82. The number of para-hydroxylation sites is 1. The second-order valence-corrected chi connectivity index (χ2v) is 5.90. The van der Waals surface area contributed by atoms with Gasteiger partial charge in [0.15, 0.2) is 0 Å². The molecule has 0 bridgehead atoms. The number of ether oxygens (including phenoxy) is 1. The van der Waals surface area contributed by atoms with Gasteiger partial charge in [-0.3, -0.25) is 0 Å². The molecule has 0 spiro atoms. The quantitative estimate of drug-likeness (QED) is 0.724. The molecule has 20 heavy (non-hydrogen) atoms. The first-order valence-electron chi connectivity index (χ1n) is 7.50. The fourth-order valence-corrected chi connectivity index (χ4v) is 2.86. The van der Waals surface area contributed by atoms with Gasteiger partial charge in [-0.15, -0.1) is 0 Å². The highest BCUT2D eigenvalue weighted by atomic mass is 16.5. The van der Waals surface area contributed by atoms with E-state index in [0.717, 1.165) is 37.3 Å². The van der Waals surface area contributed by atoms with Crippen molar-refractivity contribution >= 4 is 11.4 Å². The molecule has 0 heterocycles. The lowest BCUT2D eigenvalue weighted by atomic mass is 9.77. The molecule has 1 fully saturated rings. The van der Waals surface area contributed by atoms with Crippen LogP contribution in [0.4, 0.5) is 11.4 Å². The average molecular weight is 278 g/mol. The first-order valence-corrected chi connectivity index (χ1v) is 7.50. The summed E-state index contributed by atoms with van der Waals surface area (Å²) in [6.45, 7) is 4.94. The van der Waals surface area contributed by atoms with Crippen LogP contribution in [0, 0.1) is 5.92 Å². The Morgan fingerprint density at radius 3 is 2.70 bits per heavy atom. The maximum Gasteiger partial charge on any atom is 0.144 e. The van der Waals surface area contributed by atoms with Crippen molar-refractivity contribution in [2.45, 2.75) is 45.1 Å². The Balaban J connectivity index is 2.17. The van der Waals surface area contributed by atoms with Crippen LogP contribution in [-0.2, 0) is 0 Å². The number of anilines is 2. The van der Waals surface area contributed by atoms with Crippen LogP contribution in [0.1, 0.15) is 39.5 Å². The van der Waals surface area contributed by atoms with E-state index in [1.54, 1.807) is 0 Å². The lowest BCUT2D eigenvalue weighted by molar-refractivity contribution is 0.155. The first-order chi connectivity index (χ1) is 9.60. The molecule has 0 unspecified atom stereocenters. The summed E-state index contributed by atoms with van der Waals surface area (Å²) < 4.78 is 5.52. The van der Waals surface area contributed by atoms with Gasteiger partial charge in [0.05, 0.1) is 30.1 Å². The Labute approximate surface area is 121 Å². The van der Waals surface area contributed by atoms with E-state index in [0.29, 0.717) is 18.0 Å². The Morgan fingerprint density at radius 1 is 1.40 bits per heavy atom. The zero-order valence-electron chi connectivity index (χ0n) is 12.5. The molecule has 1 saturated carbocycles. The molecular formula is C16H26N2O2. The van der Waals surface area contributed by atoms with Crippen molar-refractivity contribution in [3.63, 3.8) is 0 Å². The van der Waals surface area contributed by atoms with Crippen LogP contribution in [-0.4, -0.2) is 23.9 Å². The number of nitrogens with one attached hydrogen (secondary N) is 1. The van der Waals surface area contributed by atoms with Gasteiger partial charge in [0.1, 0.15) is 5.75 Å². The van der Waals surface area contributed by atoms with Crippen LogP contribution in [0.3, 0.4) is 0 Å². The third-order valence-corrected chi connectivity index (χ3v) is 4.30. The largest absolute Gasteiger partial charge is 0.492 e. The summed E-state index contributed by atoms with van der Waals surface area (Å²) in [5.74, 6) is 1.44. The highest BCUT2D eigenvalue weighted by molar-refractivity contribution is 5.73. The van der Waals surface area contributed by atoms with Gasteiger partial charge >= 0.3 is 0 Å². The first kappa shape index (κ1) is 15.0. The summed E-state index contributed by atoms with van der Waals surface area (Å²) in [4.78, 5) is 0. The topological polar surface area (TPSA) is 67.5 Å². The summed E-state index contributed by atoms with van der Waals surface area (Å²) in [6, 6.07) is 5.76. The summed E-state index contributed by atoms with van der Waals surface area (Å²) in [5.41, 5.74) is 7.40. The number of aliphatic hydroxyl groups excluding tert-OH is 1. The van der Waals surface area contributed by atoms with Crippen LogP contribution in [0.25, 0.3) is 0 Å². The third-order valence-electron chi connectivity index (χ3n) is 4.30. The van der Waals surface area contributed by atoms with Crippen molar-refractivity contribution in [2.24, 2.45) is 5.92 Å². The van der Waals surface area contributed by atoms with Crippen LogP contribution < -0.4 is 15.8 Å². The van der Waals surface area contributed by atoms with Crippen molar-refractivity contribution in [1.82, 2.24) is 0 Å². The van der Waals surface area contributed by atoms with E-state index in [9.17, 15) is 5.11 Å². The van der Waals surface area contributed by atoms with E-state index in [1.165, 1.54) is 0 Å². The van der Waals surface area contributed by atoms with Crippen molar-refractivity contribution in [3.8, 4) is 5.75 Å². The molecule has 112 valence electrons. The number of nitrogen functional groups attached to an aromatic ring is 1. The SMILES string of the molecule is CCOc1cccc(NC2(CO)CCC(C)CC2)c1N. The van der Waals surface area contributed by atoms with E-state index < -0.39 is 0 Å². The Hall–Kier alpha value is -1.42. The van der Waals surface area contributed by atoms with E-state index in [2.05, 4.69) is 12.2 Å². The second-order valence-electron chi connectivity index (χ2n) is 5.90. The van der Waals surface area contributed by atoms with Crippen LogP contribution in [0.15, 0.2) is 18.2 Å². The van der Waals surface area contributed by atoms with Crippen molar-refractivity contribution < 1.29 is 9.84 Å². The molecule has 2 rings (SSSR count). The molecule has 1 aliphatic carbocycles. The zero-order chi connectivity index (χ0) is 14.6. The zero-order valence-corrected chi connectivity index (χ0v) is 12.5. The van der Waals surface area contributed by atoms with Gasteiger partial charge in [-0.05, 0) is 50.7 Å². The Kier molecular flexibility index (Phi) is 4.76. The second kappa shape index (κ2) is 6.35. The van der Waals surface area contributed by atoms with Gasteiger partial charge in [-0.2, -0.15) is 0 Å². The lowest BCUT2D eigenvalue weighted by Crippen LogP contribution is -2.45. The standard InChI is InChI=1S/C16H26N2O2/c1-3-20-14-6-4-5-13(15(14)17)18-16(11-19)9-7-12(2)8-10-16/h4-6,12,18-19H,3,7-11,17H2,1-2H3. The molecule has 0 saturated heterocycles. The maximum absolute atomic E-state index is 9.82. The molecular weight excluding hydrogens is 252 g/mol. The highest BCUT2D eigenvalue weighted by Gasteiger charge is 2.34. The number of rotatable bonds is 5. The van der Waals surface area contributed by atoms with Crippen LogP contribution >= 0.6 is 0 Å². The molecule has 1 aliphatic rings. The van der Waals surface area contributed by atoms with E-state index in [4.69, 9.17) is 10.5 Å². The Morgan fingerprint density at radius 2 is 2.10 bits per heavy atom. The number of nitrogens with two attached hydrogens (primary N) is 1. The summed E-state index contributed by atoms with van der Waals surface area (Å²) in [6.07, 6.45) is 4.23. The van der Waals surface area contributed by atoms with E-state index in [1.807, 2.05) is 25.1 Å². The molecule has 1 aromatic rings. The molecule has 0 radical (unpaired) electrons. The van der Waals surface area contributed by atoms with Gasteiger partial charge in [-0.1, -0.05) is 13.0 Å². The minimum Gasteiger partial charge on any atom is -0.492 e. The van der Waals surface area contributed by atoms with Crippen molar-refractivity contribution in [1.29, 1.82) is 0 Å². The van der Waals surface area contributed by atoms with Gasteiger partial charge in [0.25, 0.3) is 0 Å². The highest BCUT2D eigenvalue weighted by Crippen LogP contribution is 2.37. The number of hydrogen-bond donors (Lipinski definition) is 3. The lowest BCUT2D eigenvalue weighted by Gasteiger charge is -2.40. The minimum atomic E-state index is -0.245. The number of aliphatic hydroxyl groups is 1. The number of hydrogen-bond acceptors (Lipinski definition) is 4. The molecule has 1 aromatic carbocycles. The van der Waals surface area contributed by atoms with Gasteiger partial charge in [0, 0.05) is 0 Å². The van der Waals surface area contributed by atoms with E-state index >= 15 is 0 Å². The molecule has 4 N–H and O–H groups in total. The molecule has 0 amide bonds. The molecule has 0 aromatic heterocycles. The molecule has 4 heteroatoms. The molecule has 0 aliphatic heterocycles. The number of benzene rings is 1. The monoisotopic (exact) mass is 278 g/mol. The predicted octanol–water partition coefficient (Wildman–Crippen LogP) is 3.02. The van der Waals surface area contributed by atoms with Crippen molar-refractivity contribution in [2.75, 3.05) is 24.3 Å². The minimum absolute atomic E-state index is 0.137. The third kappa shape index (κ3) is 3.18. The Bertz CT molecular complexity index is 440. The smallest absolute Gasteiger partial charge is 0.144 e. The predicted molar refractivity (Wildman–Crippen MR) is 83.1 cm³/mol. The fourth-order valence-electron chi connectivity index (χ4n) is 2.86. The summed E-state index contributed by atoms with van der Waals surface area (Å²) in [7, 11) is 0. The van der Waals surface area contributed by atoms with Gasteiger partial charge in [-0.25, -0.2) is 0 Å². The van der Waals surface area contributed by atoms with Crippen LogP contribution in [0.5, 0.6) is 5.75 Å². The molecule has 0 atom stereocenters.